The highest BCUT2D eigenvalue weighted by molar-refractivity contribution is 5.88. The molecule has 2 aromatic heterocycles. The maximum Gasteiger partial charge on any atom is 0.272 e. The van der Waals surface area contributed by atoms with Crippen LogP contribution in [0.15, 0.2) is 47.5 Å². The van der Waals surface area contributed by atoms with Gasteiger partial charge in [0.1, 0.15) is 18.0 Å². The Morgan fingerprint density at radius 2 is 2.06 bits per heavy atom. The van der Waals surface area contributed by atoms with Crippen molar-refractivity contribution in [3.63, 3.8) is 0 Å². The van der Waals surface area contributed by atoms with Gasteiger partial charge in [0, 0.05) is 31.1 Å². The minimum atomic E-state index is -0.444. The highest BCUT2D eigenvalue weighted by Crippen LogP contribution is 2.41. The molecular formula is C23H24FN7O. The zero-order chi connectivity index (χ0) is 22.2. The van der Waals surface area contributed by atoms with Crippen molar-refractivity contribution in [2.75, 3.05) is 7.05 Å². The lowest BCUT2D eigenvalue weighted by atomic mass is 9.87. The minimum Gasteiger partial charge on any atom is -0.316 e. The average molecular weight is 433 g/mol. The van der Waals surface area contributed by atoms with Crippen LogP contribution in [0.2, 0.25) is 0 Å². The first-order chi connectivity index (χ1) is 15.6. The monoisotopic (exact) mass is 433 g/mol. The van der Waals surface area contributed by atoms with E-state index < -0.39 is 11.4 Å². The number of H-pyrrole nitrogens is 1. The van der Waals surface area contributed by atoms with Crippen LogP contribution in [0, 0.1) is 5.82 Å². The Bertz CT molecular complexity index is 1330. The summed E-state index contributed by atoms with van der Waals surface area (Å²) in [4.78, 5) is 17.1. The van der Waals surface area contributed by atoms with Gasteiger partial charge in [0.25, 0.3) is 5.56 Å². The van der Waals surface area contributed by atoms with E-state index in [2.05, 4.69) is 55.2 Å². The van der Waals surface area contributed by atoms with Gasteiger partial charge in [-0.15, -0.1) is 0 Å². The molecule has 0 radical (unpaired) electrons. The molecule has 0 bridgehead atoms. The van der Waals surface area contributed by atoms with Gasteiger partial charge in [0.05, 0.1) is 17.0 Å². The molecule has 2 atom stereocenters. The molecule has 0 fully saturated rings. The van der Waals surface area contributed by atoms with Crippen LogP contribution < -0.4 is 16.2 Å². The molecular weight excluding hydrogens is 409 g/mol. The molecule has 0 saturated heterocycles. The van der Waals surface area contributed by atoms with Gasteiger partial charge in [0.2, 0.25) is 0 Å². The fraction of sp³-hybridized carbons (Fsp3) is 0.304. The predicted octanol–water partition coefficient (Wildman–Crippen LogP) is 2.37. The lowest BCUT2D eigenvalue weighted by Gasteiger charge is -2.26. The maximum atomic E-state index is 14.3. The molecule has 2 unspecified atom stereocenters. The molecule has 0 aliphatic carbocycles. The van der Waals surface area contributed by atoms with E-state index >= 15 is 0 Å². The van der Waals surface area contributed by atoms with Gasteiger partial charge in [-0.2, -0.15) is 10.2 Å². The molecule has 1 aliphatic heterocycles. The number of aryl methyl sites for hydroxylation is 1. The number of rotatable bonds is 5. The van der Waals surface area contributed by atoms with E-state index in [1.165, 1.54) is 24.0 Å². The van der Waals surface area contributed by atoms with Gasteiger partial charge in [-0.25, -0.2) is 19.2 Å². The van der Waals surface area contributed by atoms with E-state index in [1.807, 2.05) is 18.7 Å². The number of benzene rings is 2. The Morgan fingerprint density at radius 3 is 2.81 bits per heavy atom. The van der Waals surface area contributed by atoms with Crippen molar-refractivity contribution in [3.05, 3.63) is 87.1 Å². The molecule has 164 valence electrons. The molecule has 0 saturated carbocycles. The van der Waals surface area contributed by atoms with Crippen LogP contribution in [-0.4, -0.2) is 32.0 Å². The van der Waals surface area contributed by atoms with Crippen LogP contribution in [0.1, 0.15) is 47.1 Å². The summed E-state index contributed by atoms with van der Waals surface area (Å²) >= 11 is 0. The van der Waals surface area contributed by atoms with Gasteiger partial charge in [-0.05, 0) is 42.8 Å². The van der Waals surface area contributed by atoms with E-state index in [4.69, 9.17) is 0 Å². The Hall–Kier alpha value is -3.43. The van der Waals surface area contributed by atoms with Gasteiger partial charge in [-0.3, -0.25) is 4.79 Å². The van der Waals surface area contributed by atoms with Crippen LogP contribution in [0.5, 0.6) is 0 Å². The first-order valence-electron chi connectivity index (χ1n) is 10.7. The van der Waals surface area contributed by atoms with Crippen molar-refractivity contribution in [2.24, 2.45) is 0 Å². The number of nitrogens with one attached hydrogen (secondary N) is 3. The molecule has 8 nitrogen and oxygen atoms in total. The van der Waals surface area contributed by atoms with E-state index in [1.54, 1.807) is 0 Å². The van der Waals surface area contributed by atoms with Crippen molar-refractivity contribution in [2.45, 2.75) is 38.5 Å². The third-order valence-corrected chi connectivity index (χ3v) is 6.05. The molecule has 1 aliphatic rings. The standard InChI is InChI=1S/C23H24FN7O/c1-3-31-22(27-12-28-31)19-20(14-6-4-13(5-7-14)10-25-2)26-11-15-8-16(24)9-17-18(15)21(19)29-30-23(17)32/h4-9,12,19-20,25-26H,3,10-11H2,1-2H3,(H,30,32). The van der Waals surface area contributed by atoms with Gasteiger partial charge >= 0.3 is 0 Å². The highest BCUT2D eigenvalue weighted by Gasteiger charge is 2.36. The predicted molar refractivity (Wildman–Crippen MR) is 119 cm³/mol. The average Bonchev–Trinajstić information content (AvgIpc) is 3.20. The number of hydrogen-bond donors (Lipinski definition) is 3. The largest absolute Gasteiger partial charge is 0.316 e. The van der Waals surface area contributed by atoms with Gasteiger partial charge < -0.3 is 10.6 Å². The molecule has 2 aromatic carbocycles. The molecule has 0 amide bonds. The van der Waals surface area contributed by atoms with E-state index in [0.717, 1.165) is 17.9 Å². The first-order valence-corrected chi connectivity index (χ1v) is 10.7. The second kappa shape index (κ2) is 8.25. The molecule has 32 heavy (non-hydrogen) atoms. The fourth-order valence-electron chi connectivity index (χ4n) is 4.62. The van der Waals surface area contributed by atoms with Crippen LogP contribution in [-0.2, 0) is 19.6 Å². The second-order valence-corrected chi connectivity index (χ2v) is 7.97. The molecule has 0 spiro atoms. The summed E-state index contributed by atoms with van der Waals surface area (Å²) < 4.78 is 16.2. The zero-order valence-corrected chi connectivity index (χ0v) is 17.9. The van der Waals surface area contributed by atoms with Gasteiger partial charge in [0.15, 0.2) is 0 Å². The summed E-state index contributed by atoms with van der Waals surface area (Å²) in [6.07, 6.45) is 1.53. The smallest absolute Gasteiger partial charge is 0.272 e. The van der Waals surface area contributed by atoms with Crippen molar-refractivity contribution in [1.29, 1.82) is 0 Å². The summed E-state index contributed by atoms with van der Waals surface area (Å²) in [6, 6.07) is 10.9. The number of aromatic amines is 1. The van der Waals surface area contributed by atoms with Crippen molar-refractivity contribution < 1.29 is 4.39 Å². The van der Waals surface area contributed by atoms with Crippen LogP contribution in [0.4, 0.5) is 4.39 Å². The maximum absolute atomic E-state index is 14.3. The second-order valence-electron chi connectivity index (χ2n) is 7.97. The lowest BCUT2D eigenvalue weighted by Crippen LogP contribution is -2.29. The van der Waals surface area contributed by atoms with E-state index in [-0.39, 0.29) is 12.0 Å². The van der Waals surface area contributed by atoms with Gasteiger partial charge in [-0.1, -0.05) is 24.3 Å². The fourth-order valence-corrected chi connectivity index (χ4v) is 4.62. The normalized spacial score (nSPS) is 18.1. The SMILES string of the molecule is CCn1ncnc1C1c2n[nH]c(=O)c3cc(F)cc(c23)CNC1c1ccc(CNC)cc1. The number of halogens is 1. The topological polar surface area (TPSA) is 101 Å². The Kier molecular flexibility index (Phi) is 5.28. The number of aromatic nitrogens is 5. The van der Waals surface area contributed by atoms with E-state index in [0.29, 0.717) is 35.1 Å². The molecule has 4 aromatic rings. The number of nitrogens with zero attached hydrogens (tertiary/aromatic N) is 4. The summed E-state index contributed by atoms with van der Waals surface area (Å²) in [6.45, 7) is 3.82. The Morgan fingerprint density at radius 1 is 1.25 bits per heavy atom. The highest BCUT2D eigenvalue weighted by atomic mass is 19.1. The molecule has 5 rings (SSSR count). The van der Waals surface area contributed by atoms with Crippen molar-refractivity contribution in [1.82, 2.24) is 35.6 Å². The molecule has 9 heteroatoms. The molecule has 3 heterocycles. The third-order valence-electron chi connectivity index (χ3n) is 6.05. The lowest BCUT2D eigenvalue weighted by molar-refractivity contribution is 0.449. The Balaban J connectivity index is 1.75. The van der Waals surface area contributed by atoms with Crippen LogP contribution in [0.3, 0.4) is 0 Å². The van der Waals surface area contributed by atoms with E-state index in [9.17, 15) is 9.18 Å². The van der Waals surface area contributed by atoms with Crippen molar-refractivity contribution >= 4 is 10.8 Å². The molecule has 3 N–H and O–H groups in total. The third kappa shape index (κ3) is 3.39. The minimum absolute atomic E-state index is 0.204. The Labute approximate surface area is 183 Å². The summed E-state index contributed by atoms with van der Waals surface area (Å²) in [5.74, 6) is -0.0407. The number of hydrogen-bond acceptors (Lipinski definition) is 6. The zero-order valence-electron chi connectivity index (χ0n) is 17.9. The van der Waals surface area contributed by atoms with Crippen LogP contribution in [0.25, 0.3) is 10.8 Å². The van der Waals surface area contributed by atoms with Crippen molar-refractivity contribution in [3.8, 4) is 0 Å². The first kappa shape index (κ1) is 20.5. The quantitative estimate of drug-likeness (QED) is 0.447. The van der Waals surface area contributed by atoms with Crippen LogP contribution >= 0.6 is 0 Å². The summed E-state index contributed by atoms with van der Waals surface area (Å²) in [5, 5.41) is 19.1. The summed E-state index contributed by atoms with van der Waals surface area (Å²) in [7, 11) is 1.91. The summed E-state index contributed by atoms with van der Waals surface area (Å²) in [5.41, 5.74) is 3.18.